The zero-order valence-electron chi connectivity index (χ0n) is 12.4. The number of hydrogen-bond donors (Lipinski definition) is 3. The van der Waals surface area contributed by atoms with E-state index in [4.69, 9.17) is 18.4 Å². The molecule has 8 nitrogen and oxygen atoms in total. The minimum Gasteiger partial charge on any atom is -0.393 e. The molecule has 2 heterocycles. The Labute approximate surface area is 145 Å². The third-order valence-corrected chi connectivity index (χ3v) is 4.62. The topological polar surface area (TPSA) is 106 Å². The SMILES string of the molecule is CC(=O)N[C@H]1C(O)O[C@@](CO)(COSI)[C@@H]2OC(C)(C)O[C@@H]21. The van der Waals surface area contributed by atoms with E-state index in [0.29, 0.717) is 0 Å². The molecular formula is C12H20INO7S. The van der Waals surface area contributed by atoms with Crippen molar-refractivity contribution in [2.24, 2.45) is 0 Å². The number of ether oxygens (including phenoxy) is 3. The number of amides is 1. The molecule has 2 aliphatic heterocycles. The van der Waals surface area contributed by atoms with Gasteiger partial charge in [-0.05, 0) is 13.8 Å². The Morgan fingerprint density at radius 1 is 1.41 bits per heavy atom. The van der Waals surface area contributed by atoms with E-state index < -0.39 is 42.5 Å². The van der Waals surface area contributed by atoms with Gasteiger partial charge in [0.2, 0.25) is 5.91 Å². The summed E-state index contributed by atoms with van der Waals surface area (Å²) in [6, 6.07) is -0.795. The van der Waals surface area contributed by atoms with Gasteiger partial charge in [0.1, 0.15) is 23.9 Å². The van der Waals surface area contributed by atoms with E-state index in [9.17, 15) is 15.0 Å². The van der Waals surface area contributed by atoms with E-state index in [0.717, 1.165) is 9.21 Å². The average Bonchev–Trinajstić information content (AvgIpc) is 2.76. The van der Waals surface area contributed by atoms with E-state index in [1.54, 1.807) is 13.8 Å². The van der Waals surface area contributed by atoms with Crippen LogP contribution in [0.4, 0.5) is 0 Å². The highest BCUT2D eigenvalue weighted by molar-refractivity contribution is 14.2. The van der Waals surface area contributed by atoms with Crippen LogP contribution in [-0.4, -0.2) is 65.3 Å². The summed E-state index contributed by atoms with van der Waals surface area (Å²) in [6.07, 6.45) is -2.72. The highest BCUT2D eigenvalue weighted by atomic mass is 127. The van der Waals surface area contributed by atoms with Gasteiger partial charge in [0, 0.05) is 28.1 Å². The molecule has 1 amide bonds. The number of aliphatic hydroxyl groups excluding tert-OH is 2. The minimum absolute atomic E-state index is 0.00155. The van der Waals surface area contributed by atoms with Crippen LogP contribution >= 0.6 is 30.4 Å². The van der Waals surface area contributed by atoms with Crippen LogP contribution in [0.15, 0.2) is 0 Å². The summed E-state index contributed by atoms with van der Waals surface area (Å²) in [7, 11) is 1.09. The number of nitrogens with one attached hydrogen (secondary N) is 1. The highest BCUT2D eigenvalue weighted by Crippen LogP contribution is 2.42. The molecule has 0 aliphatic carbocycles. The van der Waals surface area contributed by atoms with Gasteiger partial charge in [-0.15, -0.1) is 0 Å². The first-order valence-corrected chi connectivity index (χ1v) is 10.0. The minimum atomic E-state index is -1.35. The molecule has 2 rings (SSSR count). The Morgan fingerprint density at radius 3 is 2.64 bits per heavy atom. The smallest absolute Gasteiger partial charge is 0.217 e. The second kappa shape index (κ2) is 7.05. The van der Waals surface area contributed by atoms with Gasteiger partial charge >= 0.3 is 0 Å². The van der Waals surface area contributed by atoms with Crippen LogP contribution in [0.25, 0.3) is 0 Å². The highest BCUT2D eigenvalue weighted by Gasteiger charge is 2.62. The van der Waals surface area contributed by atoms with E-state index in [2.05, 4.69) is 5.32 Å². The van der Waals surface area contributed by atoms with Gasteiger partial charge in [-0.2, -0.15) is 0 Å². The summed E-state index contributed by atoms with van der Waals surface area (Å²) in [6.45, 7) is 4.36. The molecule has 1 unspecified atom stereocenters. The van der Waals surface area contributed by atoms with Crippen LogP contribution in [0.5, 0.6) is 0 Å². The van der Waals surface area contributed by atoms with Gasteiger partial charge in [0.25, 0.3) is 0 Å². The molecule has 0 aromatic carbocycles. The van der Waals surface area contributed by atoms with Crippen molar-refractivity contribution in [2.75, 3.05) is 13.2 Å². The fourth-order valence-corrected chi connectivity index (χ4v) is 3.43. The molecule has 10 heteroatoms. The number of halogens is 1. The van der Waals surface area contributed by atoms with E-state index in [1.165, 1.54) is 6.92 Å². The number of fused-ring (bicyclic) bond motifs is 1. The van der Waals surface area contributed by atoms with Crippen LogP contribution < -0.4 is 5.32 Å². The van der Waals surface area contributed by atoms with Gasteiger partial charge in [0.15, 0.2) is 12.1 Å². The first kappa shape index (κ1) is 18.6. The summed E-state index contributed by atoms with van der Waals surface area (Å²) < 4.78 is 22.6. The largest absolute Gasteiger partial charge is 0.393 e. The standard InChI is InChI=1S/C12H20INO7S/c1-6(16)14-7-8-9(20-11(2,3)19-8)12(4-15,5-18-22-13)21-10(7)17/h7-10,15,17H,4-5H2,1-3H3,(H,14,16)/t7-,8-,9-,10?,12+/m1/s1. The third-order valence-electron chi connectivity index (χ3n) is 3.65. The number of rotatable bonds is 5. The van der Waals surface area contributed by atoms with Crippen molar-refractivity contribution >= 4 is 36.3 Å². The van der Waals surface area contributed by atoms with Crippen LogP contribution in [-0.2, 0) is 23.2 Å². The lowest BCUT2D eigenvalue weighted by atomic mass is 9.86. The van der Waals surface area contributed by atoms with E-state index in [-0.39, 0.29) is 12.5 Å². The first-order valence-electron chi connectivity index (χ1n) is 6.74. The maximum absolute atomic E-state index is 11.4. The summed E-state index contributed by atoms with van der Waals surface area (Å²) in [4.78, 5) is 11.4. The monoisotopic (exact) mass is 449 g/mol. The van der Waals surface area contributed by atoms with Gasteiger partial charge in [0.05, 0.1) is 22.4 Å². The van der Waals surface area contributed by atoms with Crippen molar-refractivity contribution in [3.05, 3.63) is 0 Å². The molecule has 3 N–H and O–H groups in total. The van der Waals surface area contributed by atoms with Crippen molar-refractivity contribution in [3.8, 4) is 0 Å². The molecule has 2 aliphatic rings. The lowest BCUT2D eigenvalue weighted by Gasteiger charge is -2.47. The Bertz CT molecular complexity index is 426. The van der Waals surface area contributed by atoms with Crippen LogP contribution in [0.3, 0.4) is 0 Å². The predicted molar refractivity (Wildman–Crippen MR) is 85.9 cm³/mol. The lowest BCUT2D eigenvalue weighted by Crippen LogP contribution is -2.69. The molecule has 0 spiro atoms. The summed E-state index contributed by atoms with van der Waals surface area (Å²) in [5.41, 5.74) is -1.27. The second-order valence-corrected chi connectivity index (χ2v) is 7.24. The van der Waals surface area contributed by atoms with Crippen LogP contribution in [0.1, 0.15) is 20.8 Å². The zero-order valence-corrected chi connectivity index (χ0v) is 15.4. The number of hydrogen-bond acceptors (Lipinski definition) is 8. The molecule has 128 valence electrons. The Balaban J connectivity index is 2.31. The maximum Gasteiger partial charge on any atom is 0.217 e. The molecule has 2 fully saturated rings. The van der Waals surface area contributed by atoms with Gasteiger partial charge in [-0.3, -0.25) is 4.79 Å². The predicted octanol–water partition coefficient (Wildman–Crippen LogP) is 0.106. The summed E-state index contributed by atoms with van der Waals surface area (Å²) >= 11 is 1.94. The Hall–Kier alpha value is 0.310. The molecule has 2 saturated heterocycles. The Kier molecular flexibility index (Phi) is 5.98. The van der Waals surface area contributed by atoms with Gasteiger partial charge in [-0.25, -0.2) is 0 Å². The van der Waals surface area contributed by atoms with Crippen LogP contribution in [0, 0.1) is 0 Å². The van der Waals surface area contributed by atoms with Crippen molar-refractivity contribution < 1.29 is 33.4 Å². The lowest BCUT2D eigenvalue weighted by molar-refractivity contribution is -0.288. The van der Waals surface area contributed by atoms with Gasteiger partial charge in [-0.1, -0.05) is 0 Å². The summed E-state index contributed by atoms with van der Waals surface area (Å²) in [5, 5.41) is 22.7. The fourth-order valence-electron chi connectivity index (χ4n) is 2.80. The normalized spacial score (nSPS) is 40.3. The Morgan fingerprint density at radius 2 is 2.09 bits per heavy atom. The molecule has 0 aromatic heterocycles. The van der Waals surface area contributed by atoms with Crippen molar-refractivity contribution in [1.29, 1.82) is 0 Å². The molecule has 5 atom stereocenters. The van der Waals surface area contributed by atoms with Crippen LogP contribution in [0.2, 0.25) is 0 Å². The average molecular weight is 449 g/mol. The number of aliphatic hydroxyl groups is 2. The molecule has 0 bridgehead atoms. The van der Waals surface area contributed by atoms with Crippen molar-refractivity contribution in [3.63, 3.8) is 0 Å². The third kappa shape index (κ3) is 3.69. The maximum atomic E-state index is 11.4. The fraction of sp³-hybridized carbons (Fsp3) is 0.917. The molecule has 0 radical (unpaired) electrons. The molecule has 22 heavy (non-hydrogen) atoms. The van der Waals surface area contributed by atoms with E-state index in [1.807, 2.05) is 21.2 Å². The number of carbonyl (C=O) groups excluding carboxylic acids is 1. The molecular weight excluding hydrogens is 429 g/mol. The molecule has 0 saturated carbocycles. The molecule has 0 aromatic rings. The zero-order chi connectivity index (χ0) is 16.5. The quantitative estimate of drug-likeness (QED) is 0.401. The number of carbonyl (C=O) groups is 1. The van der Waals surface area contributed by atoms with Crippen molar-refractivity contribution in [1.82, 2.24) is 5.32 Å². The second-order valence-electron chi connectivity index (χ2n) is 5.80. The summed E-state index contributed by atoms with van der Waals surface area (Å²) in [5.74, 6) is -1.26. The van der Waals surface area contributed by atoms with Gasteiger partial charge < -0.3 is 33.9 Å². The van der Waals surface area contributed by atoms with Crippen molar-refractivity contribution in [2.45, 2.75) is 56.7 Å². The first-order chi connectivity index (χ1) is 10.2. The van der Waals surface area contributed by atoms with E-state index >= 15 is 0 Å².